The minimum absolute atomic E-state index is 0.0220. The van der Waals surface area contributed by atoms with E-state index >= 15 is 0 Å². The molecule has 7 rings (SSSR count). The van der Waals surface area contributed by atoms with Gasteiger partial charge in [-0.3, -0.25) is 19.2 Å². The molecule has 3 fully saturated rings. The van der Waals surface area contributed by atoms with Gasteiger partial charge in [0.2, 0.25) is 23.6 Å². The molecule has 0 radical (unpaired) electrons. The summed E-state index contributed by atoms with van der Waals surface area (Å²) in [6.45, 7) is 17.5. The number of benzene rings is 3. The van der Waals surface area contributed by atoms with Crippen LogP contribution in [0.25, 0.3) is 0 Å². The summed E-state index contributed by atoms with van der Waals surface area (Å²) in [6.07, 6.45) is 18.9. The van der Waals surface area contributed by atoms with Gasteiger partial charge in [-0.1, -0.05) is 145 Å². The van der Waals surface area contributed by atoms with E-state index in [0.717, 1.165) is 65.9 Å². The Morgan fingerprint density at radius 3 is 2.21 bits per heavy atom. The molecule has 10 atom stereocenters. The van der Waals surface area contributed by atoms with Crippen molar-refractivity contribution in [2.45, 2.75) is 189 Å². The molecule has 0 saturated heterocycles. The van der Waals surface area contributed by atoms with Crippen LogP contribution in [0.15, 0.2) is 90.5 Å². The summed E-state index contributed by atoms with van der Waals surface area (Å²) in [5.74, 6) is 3.78. The number of amides is 4. The maximum absolute atomic E-state index is 14.0. The first kappa shape index (κ1) is 58.2. The Kier molecular flexibility index (Phi) is 21.2. The lowest BCUT2D eigenvalue weighted by molar-refractivity contribution is -0.131. The molecule has 0 unspecified atom stereocenters. The first-order valence-electron chi connectivity index (χ1n) is 29.1. The van der Waals surface area contributed by atoms with Crippen LogP contribution >= 0.6 is 0 Å². The van der Waals surface area contributed by atoms with Crippen molar-refractivity contribution in [3.63, 3.8) is 0 Å². The number of anilines is 1. The Bertz CT molecular complexity index is 2410. The lowest BCUT2D eigenvalue weighted by Crippen LogP contribution is -2.53. The van der Waals surface area contributed by atoms with Crippen molar-refractivity contribution in [2.24, 2.45) is 46.3 Å². The third-order valence-corrected chi connectivity index (χ3v) is 18.0. The summed E-state index contributed by atoms with van der Waals surface area (Å²) < 4.78 is 17.0. The smallest absolute Gasteiger partial charge is 0.429 e. The highest BCUT2D eigenvalue weighted by atomic mass is 16.7. The van der Waals surface area contributed by atoms with E-state index in [2.05, 4.69) is 62.0 Å². The maximum atomic E-state index is 14.0. The first-order valence-corrected chi connectivity index (χ1v) is 29.1. The first-order chi connectivity index (χ1) is 36.5. The maximum Gasteiger partial charge on any atom is 0.514 e. The summed E-state index contributed by atoms with van der Waals surface area (Å²) in [4.78, 5) is 66.2. The molecular formula is C64H90N4O8. The molecule has 3 saturated carbocycles. The zero-order valence-corrected chi connectivity index (χ0v) is 46.9. The quantitative estimate of drug-likeness (QED) is 0.0267. The second-order valence-electron chi connectivity index (χ2n) is 23.9. The largest absolute Gasteiger partial charge is 0.514 e. The Balaban J connectivity index is 0.824. The number of allylic oxidation sites excluding steroid dienone is 1. The molecular weight excluding hydrogens is 953 g/mol. The summed E-state index contributed by atoms with van der Waals surface area (Å²) in [6, 6.07) is 21.4. The van der Waals surface area contributed by atoms with Crippen molar-refractivity contribution in [3.05, 3.63) is 107 Å². The fourth-order valence-corrected chi connectivity index (χ4v) is 13.7. The number of hydrogen-bond donors (Lipinski definition) is 4. The van der Waals surface area contributed by atoms with Crippen LogP contribution in [0.2, 0.25) is 0 Å². The second-order valence-corrected chi connectivity index (χ2v) is 23.9. The second kappa shape index (κ2) is 27.7. The SMILES string of the molecule is CCCC[C@H](NC(=O)[C@H](Cc1ccccc1)NC(=O)CCC(=O)NCCCO[C@H]1CC[C@@]2(C)C(=CC[C@H]3[C@@H]4CC[C@H]([C@H](C)CCCC(C)C)[C@@]4(C)CC[C@@H]32)C1)C(=O)Nc1ccc(COC(=O)Oc2ccc(C)cc2)cc1. The van der Waals surface area contributed by atoms with Crippen molar-refractivity contribution < 1.29 is 38.2 Å². The minimum Gasteiger partial charge on any atom is -0.429 e. The number of nitrogens with one attached hydrogen (secondary N) is 4. The molecule has 0 bridgehead atoms. The van der Waals surface area contributed by atoms with Gasteiger partial charge < -0.3 is 35.5 Å². The van der Waals surface area contributed by atoms with Gasteiger partial charge in [-0.05, 0) is 153 Å². The molecule has 4 aliphatic rings. The van der Waals surface area contributed by atoms with Crippen LogP contribution < -0.4 is 26.0 Å². The fraction of sp³-hybridized carbons (Fsp3) is 0.609. The molecule has 4 aliphatic carbocycles. The Morgan fingerprint density at radius 1 is 0.724 bits per heavy atom. The van der Waals surface area contributed by atoms with Gasteiger partial charge in [-0.2, -0.15) is 0 Å². The topological polar surface area (TPSA) is 161 Å². The van der Waals surface area contributed by atoms with Crippen LogP contribution in [0.5, 0.6) is 5.75 Å². The molecule has 3 aromatic rings. The van der Waals surface area contributed by atoms with Crippen LogP contribution in [-0.4, -0.2) is 61.1 Å². The summed E-state index contributed by atoms with van der Waals surface area (Å²) in [5.41, 5.74) is 5.47. The molecule has 0 aliphatic heterocycles. The zero-order chi connectivity index (χ0) is 54.2. The van der Waals surface area contributed by atoms with Gasteiger partial charge in [0.1, 0.15) is 24.4 Å². The van der Waals surface area contributed by atoms with Gasteiger partial charge in [-0.25, -0.2) is 4.79 Å². The predicted molar refractivity (Wildman–Crippen MR) is 300 cm³/mol. The fourth-order valence-electron chi connectivity index (χ4n) is 13.7. The van der Waals surface area contributed by atoms with Crippen LogP contribution in [0.1, 0.15) is 167 Å². The van der Waals surface area contributed by atoms with Gasteiger partial charge in [0.05, 0.1) is 6.10 Å². The van der Waals surface area contributed by atoms with Crippen LogP contribution in [0, 0.1) is 53.3 Å². The molecule has 12 heteroatoms. The van der Waals surface area contributed by atoms with Crippen molar-refractivity contribution in [1.29, 1.82) is 0 Å². The molecule has 0 spiro atoms. The van der Waals surface area contributed by atoms with Crippen LogP contribution in [-0.2, 0) is 41.7 Å². The summed E-state index contributed by atoms with van der Waals surface area (Å²) in [5, 5.41) is 11.6. The number of rotatable bonds is 26. The normalized spacial score (nSPS) is 24.8. The highest BCUT2D eigenvalue weighted by molar-refractivity contribution is 5.98. The van der Waals surface area contributed by atoms with E-state index in [9.17, 15) is 24.0 Å². The summed E-state index contributed by atoms with van der Waals surface area (Å²) in [7, 11) is 0. The number of fused-ring (bicyclic) bond motifs is 5. The zero-order valence-electron chi connectivity index (χ0n) is 46.9. The molecule has 12 nitrogen and oxygen atoms in total. The van der Waals surface area contributed by atoms with Crippen molar-refractivity contribution in [1.82, 2.24) is 16.0 Å². The monoisotopic (exact) mass is 1040 g/mol. The number of unbranched alkanes of at least 4 members (excludes halogenated alkanes) is 1. The van der Waals surface area contributed by atoms with Crippen molar-refractivity contribution >= 4 is 35.5 Å². The molecule has 4 amide bonds. The Morgan fingerprint density at radius 2 is 1.47 bits per heavy atom. The van der Waals surface area contributed by atoms with Gasteiger partial charge in [0, 0.05) is 38.1 Å². The number of ether oxygens (including phenoxy) is 3. The van der Waals surface area contributed by atoms with E-state index in [-0.39, 0.29) is 43.3 Å². The lowest BCUT2D eigenvalue weighted by atomic mass is 9.47. The number of hydrogen-bond acceptors (Lipinski definition) is 8. The number of carbonyl (C=O) groups excluding carboxylic acids is 5. The van der Waals surface area contributed by atoms with Gasteiger partial charge in [0.15, 0.2) is 0 Å². The van der Waals surface area contributed by atoms with E-state index in [1.165, 1.54) is 57.8 Å². The van der Waals surface area contributed by atoms with Crippen molar-refractivity contribution in [3.8, 4) is 5.75 Å². The molecule has 0 heterocycles. The lowest BCUT2D eigenvalue weighted by Gasteiger charge is -2.58. The number of carbonyl (C=O) groups is 5. The average molecular weight is 1040 g/mol. The van der Waals surface area contributed by atoms with E-state index in [1.54, 1.807) is 42.0 Å². The molecule has 3 aromatic carbocycles. The van der Waals surface area contributed by atoms with E-state index in [1.807, 2.05) is 56.3 Å². The third-order valence-electron chi connectivity index (χ3n) is 18.0. The Labute approximate surface area is 454 Å². The van der Waals surface area contributed by atoms with Gasteiger partial charge in [-0.15, -0.1) is 0 Å². The van der Waals surface area contributed by atoms with Gasteiger partial charge in [0.25, 0.3) is 0 Å². The molecule has 76 heavy (non-hydrogen) atoms. The van der Waals surface area contributed by atoms with E-state index in [0.29, 0.717) is 54.8 Å². The standard InChI is InChI=1S/C64H90N4O8/c1-8-9-19-56(60(71)66-49-25-22-47(23-26-49)42-75-62(73)76-50-27-20-44(4)21-28-50)68-61(72)57(40-46-17-11-10-12-18-46)67-59(70)33-32-58(69)65-38-14-39-74-51-34-36-63(6)48(41-51)24-29-52-54-31-30-53(45(5)16-13-15-43(2)3)64(54,7)37-35-55(52)63/h10-12,17-18,20-28,43,45,51-57H,8-9,13-16,19,29-42H2,1-7H3,(H,65,69)(H,66,71)(H,67,70)(H,68,72)/t45-,51+,52+,53-,54+,55+,56+,57+,63+,64-/m1/s1. The third kappa shape index (κ3) is 15.8. The molecule has 0 aromatic heterocycles. The highest BCUT2D eigenvalue weighted by Crippen LogP contribution is 2.67. The van der Waals surface area contributed by atoms with Crippen LogP contribution in [0.4, 0.5) is 10.5 Å². The summed E-state index contributed by atoms with van der Waals surface area (Å²) >= 11 is 0. The van der Waals surface area contributed by atoms with E-state index in [4.69, 9.17) is 14.2 Å². The molecule has 4 N–H and O–H groups in total. The van der Waals surface area contributed by atoms with E-state index < -0.39 is 36.0 Å². The average Bonchev–Trinajstić information content (AvgIpc) is 3.81. The molecule has 414 valence electrons. The predicted octanol–water partition coefficient (Wildman–Crippen LogP) is 12.8. The Hall–Kier alpha value is -5.49. The van der Waals surface area contributed by atoms with Gasteiger partial charge >= 0.3 is 6.16 Å². The van der Waals surface area contributed by atoms with Crippen molar-refractivity contribution in [2.75, 3.05) is 18.5 Å². The minimum atomic E-state index is -0.982. The number of aryl methyl sites for hydroxylation is 1. The van der Waals surface area contributed by atoms with Crippen LogP contribution in [0.3, 0.4) is 0 Å². The highest BCUT2D eigenvalue weighted by Gasteiger charge is 2.59.